The Kier molecular flexibility index (Phi) is 3.99. The Morgan fingerprint density at radius 3 is 3.13 bits per heavy atom. The number of hydrogen-bond donors (Lipinski definition) is 1. The number of carbonyl (C=O) groups excluding carboxylic acids is 1. The minimum absolute atomic E-state index is 0.105. The molecule has 1 atom stereocenters. The molecule has 0 radical (unpaired) electrons. The van der Waals surface area contributed by atoms with E-state index in [4.69, 9.17) is 15.0 Å². The van der Waals surface area contributed by atoms with Crippen LogP contribution in [0.2, 0.25) is 0 Å². The maximum Gasteiger partial charge on any atom is 0.379 e. The molecular weight excluding hydrogens is 198 g/mol. The Bertz CT molecular complexity index is 348. The van der Waals surface area contributed by atoms with E-state index in [1.165, 1.54) is 0 Å². The van der Waals surface area contributed by atoms with Gasteiger partial charge in [-0.3, -0.25) is 0 Å². The Morgan fingerprint density at radius 2 is 2.53 bits per heavy atom. The van der Waals surface area contributed by atoms with Crippen LogP contribution in [0.1, 0.15) is 35.9 Å². The lowest BCUT2D eigenvalue weighted by Gasteiger charge is -2.00. The first-order valence-corrected chi connectivity index (χ1v) is 4.56. The molecule has 82 valence electrons. The number of aromatic nitrogens is 2. The van der Waals surface area contributed by atoms with Crippen molar-refractivity contribution in [2.45, 2.75) is 19.4 Å². The number of nitrogens with two attached hydrogens (primary N) is 1. The molecule has 1 aromatic rings. The van der Waals surface area contributed by atoms with Gasteiger partial charge in [-0.25, -0.2) is 4.79 Å². The van der Waals surface area contributed by atoms with Crippen molar-refractivity contribution in [1.82, 2.24) is 10.1 Å². The normalized spacial score (nSPS) is 12.1. The Hall–Kier alpha value is -1.69. The van der Waals surface area contributed by atoms with Crippen molar-refractivity contribution in [3.63, 3.8) is 0 Å². The number of ether oxygens (including phenoxy) is 1. The molecule has 1 rings (SSSR count). The summed E-state index contributed by atoms with van der Waals surface area (Å²) in [6.45, 7) is 5.50. The zero-order valence-corrected chi connectivity index (χ0v) is 8.47. The molecule has 0 fully saturated rings. The molecule has 6 heteroatoms. The molecular formula is C9H13N3O3. The highest BCUT2D eigenvalue weighted by atomic mass is 16.5. The summed E-state index contributed by atoms with van der Waals surface area (Å²) in [7, 11) is 0. The predicted octanol–water partition coefficient (Wildman–Crippen LogP) is 0.822. The Labute approximate surface area is 87.1 Å². The molecule has 0 aromatic carbocycles. The highest BCUT2D eigenvalue weighted by molar-refractivity contribution is 5.84. The van der Waals surface area contributed by atoms with Crippen LogP contribution < -0.4 is 5.73 Å². The number of carbonyl (C=O) groups is 1. The second-order valence-corrected chi connectivity index (χ2v) is 2.81. The summed E-state index contributed by atoms with van der Waals surface area (Å²) in [5, 5.41) is 3.46. The van der Waals surface area contributed by atoms with Gasteiger partial charge < -0.3 is 15.0 Å². The molecule has 1 heterocycles. The molecule has 2 N–H and O–H groups in total. The van der Waals surface area contributed by atoms with Crippen LogP contribution in [0.15, 0.2) is 17.2 Å². The van der Waals surface area contributed by atoms with Crippen molar-refractivity contribution in [2.24, 2.45) is 5.73 Å². The molecule has 1 unspecified atom stereocenters. The van der Waals surface area contributed by atoms with E-state index in [9.17, 15) is 4.79 Å². The predicted molar refractivity (Wildman–Crippen MR) is 52.0 cm³/mol. The van der Waals surface area contributed by atoms with Crippen molar-refractivity contribution in [3.05, 3.63) is 24.4 Å². The summed E-state index contributed by atoms with van der Waals surface area (Å²) in [5.74, 6) is -0.511. The zero-order chi connectivity index (χ0) is 11.3. The molecule has 0 bridgehead atoms. The quantitative estimate of drug-likeness (QED) is 0.572. The standard InChI is InChI=1S/C9H13N3O3/c1-3-5-6(10)8-11-7(12-15-8)9(13)14-4-2/h3,6H,1,4-5,10H2,2H3. The molecule has 0 aliphatic heterocycles. The first kappa shape index (κ1) is 11.4. The number of rotatable bonds is 5. The summed E-state index contributed by atoms with van der Waals surface area (Å²) >= 11 is 0. The van der Waals surface area contributed by atoms with Gasteiger partial charge in [-0.2, -0.15) is 4.98 Å². The summed E-state index contributed by atoms with van der Waals surface area (Å²) < 4.78 is 9.51. The van der Waals surface area contributed by atoms with Crippen LogP contribution in [0, 0.1) is 0 Å². The smallest absolute Gasteiger partial charge is 0.379 e. The van der Waals surface area contributed by atoms with Crippen molar-refractivity contribution in [2.75, 3.05) is 6.61 Å². The van der Waals surface area contributed by atoms with E-state index in [1.807, 2.05) is 0 Å². The first-order chi connectivity index (χ1) is 7.19. The van der Waals surface area contributed by atoms with E-state index < -0.39 is 12.0 Å². The van der Waals surface area contributed by atoms with Crippen molar-refractivity contribution >= 4 is 5.97 Å². The van der Waals surface area contributed by atoms with Crippen LogP contribution >= 0.6 is 0 Å². The molecule has 6 nitrogen and oxygen atoms in total. The third-order valence-electron chi connectivity index (χ3n) is 1.64. The zero-order valence-electron chi connectivity index (χ0n) is 8.47. The first-order valence-electron chi connectivity index (χ1n) is 4.56. The van der Waals surface area contributed by atoms with Gasteiger partial charge in [-0.15, -0.1) is 6.58 Å². The molecule has 1 aromatic heterocycles. The van der Waals surface area contributed by atoms with Crippen LogP contribution in [-0.2, 0) is 4.74 Å². The van der Waals surface area contributed by atoms with Crippen molar-refractivity contribution in [1.29, 1.82) is 0 Å². The fourth-order valence-electron chi connectivity index (χ4n) is 0.945. The lowest BCUT2D eigenvalue weighted by atomic mass is 10.2. The topological polar surface area (TPSA) is 91.2 Å². The van der Waals surface area contributed by atoms with Gasteiger partial charge in [0, 0.05) is 0 Å². The average molecular weight is 211 g/mol. The van der Waals surface area contributed by atoms with Crippen LogP contribution in [0.5, 0.6) is 0 Å². The SMILES string of the molecule is C=CCC(N)c1nc(C(=O)OCC)no1. The van der Waals surface area contributed by atoms with Crippen LogP contribution in [-0.4, -0.2) is 22.7 Å². The fraction of sp³-hybridized carbons (Fsp3) is 0.444. The van der Waals surface area contributed by atoms with Gasteiger partial charge in [0.2, 0.25) is 5.89 Å². The summed E-state index contributed by atoms with van der Waals surface area (Å²) in [6, 6.07) is -0.432. The van der Waals surface area contributed by atoms with Gasteiger partial charge in [0.05, 0.1) is 12.6 Å². The second-order valence-electron chi connectivity index (χ2n) is 2.81. The van der Waals surface area contributed by atoms with E-state index in [1.54, 1.807) is 13.0 Å². The summed E-state index contributed by atoms with van der Waals surface area (Å²) in [6.07, 6.45) is 2.14. The molecule has 0 aliphatic carbocycles. The van der Waals surface area contributed by atoms with E-state index in [0.29, 0.717) is 6.42 Å². The van der Waals surface area contributed by atoms with Crippen molar-refractivity contribution in [3.8, 4) is 0 Å². The minimum atomic E-state index is -0.613. The van der Waals surface area contributed by atoms with E-state index in [2.05, 4.69) is 16.7 Å². The third-order valence-corrected chi connectivity index (χ3v) is 1.64. The van der Waals surface area contributed by atoms with Crippen LogP contribution in [0.4, 0.5) is 0 Å². The monoisotopic (exact) mass is 211 g/mol. The Balaban J connectivity index is 2.71. The summed E-state index contributed by atoms with van der Waals surface area (Å²) in [5.41, 5.74) is 5.67. The van der Waals surface area contributed by atoms with E-state index in [-0.39, 0.29) is 18.3 Å². The van der Waals surface area contributed by atoms with Gasteiger partial charge in [0.1, 0.15) is 0 Å². The van der Waals surface area contributed by atoms with Crippen LogP contribution in [0.3, 0.4) is 0 Å². The maximum atomic E-state index is 11.2. The number of nitrogens with zero attached hydrogens (tertiary/aromatic N) is 2. The van der Waals surface area contributed by atoms with E-state index >= 15 is 0 Å². The molecule has 0 saturated carbocycles. The third kappa shape index (κ3) is 2.88. The van der Waals surface area contributed by atoms with E-state index in [0.717, 1.165) is 0 Å². The van der Waals surface area contributed by atoms with Gasteiger partial charge in [-0.1, -0.05) is 6.08 Å². The fourth-order valence-corrected chi connectivity index (χ4v) is 0.945. The Morgan fingerprint density at radius 1 is 1.80 bits per heavy atom. The highest BCUT2D eigenvalue weighted by Gasteiger charge is 2.18. The van der Waals surface area contributed by atoms with Crippen LogP contribution in [0.25, 0.3) is 0 Å². The molecule has 0 aliphatic rings. The van der Waals surface area contributed by atoms with Gasteiger partial charge in [0.15, 0.2) is 0 Å². The molecule has 0 saturated heterocycles. The average Bonchev–Trinajstić information content (AvgIpc) is 2.67. The van der Waals surface area contributed by atoms with Gasteiger partial charge in [-0.05, 0) is 18.5 Å². The molecule has 15 heavy (non-hydrogen) atoms. The lowest BCUT2D eigenvalue weighted by Crippen LogP contribution is -2.11. The number of esters is 1. The highest BCUT2D eigenvalue weighted by Crippen LogP contribution is 2.11. The lowest BCUT2D eigenvalue weighted by molar-refractivity contribution is 0.0508. The summed E-state index contributed by atoms with van der Waals surface area (Å²) in [4.78, 5) is 15.0. The van der Waals surface area contributed by atoms with Crippen molar-refractivity contribution < 1.29 is 14.1 Å². The molecule has 0 amide bonds. The minimum Gasteiger partial charge on any atom is -0.460 e. The van der Waals surface area contributed by atoms with Gasteiger partial charge in [0.25, 0.3) is 5.82 Å². The molecule has 0 spiro atoms. The maximum absolute atomic E-state index is 11.2. The van der Waals surface area contributed by atoms with Gasteiger partial charge >= 0.3 is 5.97 Å². The largest absolute Gasteiger partial charge is 0.460 e. The second kappa shape index (κ2) is 5.26. The number of hydrogen-bond acceptors (Lipinski definition) is 6.